The zero-order valence-electron chi connectivity index (χ0n) is 8.87. The molecule has 2 rings (SSSR count). The Morgan fingerprint density at radius 2 is 2.31 bits per heavy atom. The van der Waals surface area contributed by atoms with Gasteiger partial charge >= 0.3 is 0 Å². The largest absolute Gasteiger partial charge is 0.497 e. The standard InChI is InChI=1S/C10H12N4O2/c1-16-9-4-2-3-8(7-9)14-12-10(5-6-15)11-13-14/h2-4,7,15H,5-6H2,1H3. The highest BCUT2D eigenvalue weighted by Crippen LogP contribution is 2.14. The van der Waals surface area contributed by atoms with Crippen LogP contribution in [0.5, 0.6) is 5.75 Å². The average Bonchev–Trinajstić information content (AvgIpc) is 2.78. The number of hydrogen-bond acceptors (Lipinski definition) is 5. The van der Waals surface area contributed by atoms with Crippen LogP contribution in [0.3, 0.4) is 0 Å². The normalized spacial score (nSPS) is 10.4. The number of nitrogens with zero attached hydrogens (tertiary/aromatic N) is 4. The lowest BCUT2D eigenvalue weighted by Gasteiger charge is -2.01. The van der Waals surface area contributed by atoms with E-state index in [0.29, 0.717) is 12.2 Å². The molecule has 0 radical (unpaired) electrons. The lowest BCUT2D eigenvalue weighted by molar-refractivity contribution is 0.296. The van der Waals surface area contributed by atoms with Crippen molar-refractivity contribution in [2.24, 2.45) is 0 Å². The van der Waals surface area contributed by atoms with E-state index in [1.165, 1.54) is 4.80 Å². The third kappa shape index (κ3) is 2.17. The Labute approximate surface area is 92.5 Å². The molecule has 0 aliphatic rings. The van der Waals surface area contributed by atoms with E-state index in [9.17, 15) is 0 Å². The zero-order valence-corrected chi connectivity index (χ0v) is 8.87. The van der Waals surface area contributed by atoms with E-state index in [1.807, 2.05) is 24.3 Å². The van der Waals surface area contributed by atoms with Gasteiger partial charge in [-0.2, -0.15) is 0 Å². The van der Waals surface area contributed by atoms with Crippen LogP contribution >= 0.6 is 0 Å². The molecule has 0 saturated heterocycles. The van der Waals surface area contributed by atoms with Gasteiger partial charge in [-0.1, -0.05) is 6.07 Å². The fraction of sp³-hybridized carbons (Fsp3) is 0.300. The molecule has 0 aliphatic carbocycles. The van der Waals surface area contributed by atoms with E-state index in [0.717, 1.165) is 11.4 Å². The van der Waals surface area contributed by atoms with Gasteiger partial charge in [0, 0.05) is 12.5 Å². The zero-order chi connectivity index (χ0) is 11.4. The maximum absolute atomic E-state index is 8.74. The monoisotopic (exact) mass is 220 g/mol. The Morgan fingerprint density at radius 3 is 3.06 bits per heavy atom. The number of aromatic nitrogens is 4. The highest BCUT2D eigenvalue weighted by Gasteiger charge is 2.04. The molecule has 1 aromatic heterocycles. The fourth-order valence-electron chi connectivity index (χ4n) is 1.29. The van der Waals surface area contributed by atoms with Crippen molar-refractivity contribution >= 4 is 0 Å². The molecule has 0 fully saturated rings. The smallest absolute Gasteiger partial charge is 0.177 e. The van der Waals surface area contributed by atoms with Gasteiger partial charge in [0.1, 0.15) is 5.75 Å². The van der Waals surface area contributed by atoms with E-state index >= 15 is 0 Å². The molecule has 1 aromatic carbocycles. The van der Waals surface area contributed by atoms with Crippen LogP contribution < -0.4 is 4.74 Å². The van der Waals surface area contributed by atoms with Crippen LogP contribution in [0.15, 0.2) is 24.3 Å². The van der Waals surface area contributed by atoms with Gasteiger partial charge in [-0.15, -0.1) is 15.0 Å². The number of aliphatic hydroxyl groups is 1. The molecule has 1 heterocycles. The van der Waals surface area contributed by atoms with E-state index in [1.54, 1.807) is 7.11 Å². The van der Waals surface area contributed by atoms with Crippen molar-refractivity contribution in [1.82, 2.24) is 20.2 Å². The summed E-state index contributed by atoms with van der Waals surface area (Å²) in [7, 11) is 1.60. The predicted molar refractivity (Wildman–Crippen MR) is 56.5 cm³/mol. The molecule has 84 valence electrons. The van der Waals surface area contributed by atoms with Crippen LogP contribution in [0.2, 0.25) is 0 Å². The number of hydrogen-bond donors (Lipinski definition) is 1. The fourth-order valence-corrected chi connectivity index (χ4v) is 1.29. The van der Waals surface area contributed by atoms with Crippen LogP contribution in [-0.2, 0) is 6.42 Å². The molecular formula is C10H12N4O2. The Morgan fingerprint density at radius 1 is 1.44 bits per heavy atom. The Balaban J connectivity index is 2.27. The Bertz CT molecular complexity index is 469. The molecule has 0 aliphatic heterocycles. The summed E-state index contributed by atoms with van der Waals surface area (Å²) < 4.78 is 5.10. The molecule has 0 bridgehead atoms. The SMILES string of the molecule is COc1cccc(-n2nnc(CCO)n2)c1. The second-order valence-electron chi connectivity index (χ2n) is 3.17. The highest BCUT2D eigenvalue weighted by molar-refractivity contribution is 5.37. The number of rotatable bonds is 4. The van der Waals surface area contributed by atoms with Gasteiger partial charge in [-0.05, 0) is 17.3 Å². The summed E-state index contributed by atoms with van der Waals surface area (Å²) in [6.45, 7) is 0.0177. The topological polar surface area (TPSA) is 73.1 Å². The molecule has 2 aromatic rings. The second-order valence-corrected chi connectivity index (χ2v) is 3.17. The van der Waals surface area contributed by atoms with Gasteiger partial charge in [0.25, 0.3) is 0 Å². The minimum atomic E-state index is 0.0177. The second kappa shape index (κ2) is 4.71. The summed E-state index contributed by atoms with van der Waals surface area (Å²) in [4.78, 5) is 1.41. The minimum absolute atomic E-state index is 0.0177. The van der Waals surface area contributed by atoms with Gasteiger partial charge in [-0.3, -0.25) is 0 Å². The van der Waals surface area contributed by atoms with Crippen molar-refractivity contribution in [1.29, 1.82) is 0 Å². The third-order valence-corrected chi connectivity index (χ3v) is 2.07. The van der Waals surface area contributed by atoms with Crippen molar-refractivity contribution in [3.63, 3.8) is 0 Å². The van der Waals surface area contributed by atoms with E-state index in [4.69, 9.17) is 9.84 Å². The van der Waals surface area contributed by atoms with Crippen molar-refractivity contribution in [2.45, 2.75) is 6.42 Å². The molecule has 16 heavy (non-hydrogen) atoms. The number of benzene rings is 1. The van der Waals surface area contributed by atoms with E-state index in [-0.39, 0.29) is 6.61 Å². The lowest BCUT2D eigenvalue weighted by Crippen LogP contribution is -2.00. The first-order valence-corrected chi connectivity index (χ1v) is 4.87. The maximum atomic E-state index is 8.74. The first-order valence-electron chi connectivity index (χ1n) is 4.87. The van der Waals surface area contributed by atoms with Crippen molar-refractivity contribution < 1.29 is 9.84 Å². The summed E-state index contributed by atoms with van der Waals surface area (Å²) in [6, 6.07) is 7.36. The molecule has 6 nitrogen and oxygen atoms in total. The summed E-state index contributed by atoms with van der Waals surface area (Å²) in [5.74, 6) is 1.25. The highest BCUT2D eigenvalue weighted by atomic mass is 16.5. The van der Waals surface area contributed by atoms with Crippen molar-refractivity contribution in [2.75, 3.05) is 13.7 Å². The molecule has 1 N–H and O–H groups in total. The van der Waals surface area contributed by atoms with Gasteiger partial charge in [0.15, 0.2) is 5.82 Å². The van der Waals surface area contributed by atoms with Crippen LogP contribution in [0.4, 0.5) is 0 Å². The predicted octanol–water partition coefficient (Wildman–Crippen LogP) is 0.206. The van der Waals surface area contributed by atoms with Crippen LogP contribution in [0.1, 0.15) is 5.82 Å². The minimum Gasteiger partial charge on any atom is -0.497 e. The summed E-state index contributed by atoms with van der Waals surface area (Å²) in [5, 5.41) is 20.6. The number of methoxy groups -OCH3 is 1. The number of aliphatic hydroxyl groups excluding tert-OH is 1. The molecular weight excluding hydrogens is 208 g/mol. The van der Waals surface area contributed by atoms with Crippen LogP contribution in [0.25, 0.3) is 5.69 Å². The number of ether oxygens (including phenoxy) is 1. The van der Waals surface area contributed by atoms with Gasteiger partial charge in [0.2, 0.25) is 0 Å². The average molecular weight is 220 g/mol. The van der Waals surface area contributed by atoms with Crippen LogP contribution in [0, 0.1) is 0 Å². The quantitative estimate of drug-likeness (QED) is 0.797. The lowest BCUT2D eigenvalue weighted by atomic mass is 10.3. The van der Waals surface area contributed by atoms with Crippen LogP contribution in [-0.4, -0.2) is 39.0 Å². The summed E-state index contributed by atoms with van der Waals surface area (Å²) >= 11 is 0. The number of tetrazole rings is 1. The van der Waals surface area contributed by atoms with Crippen molar-refractivity contribution in [3.8, 4) is 11.4 Å². The summed E-state index contributed by atoms with van der Waals surface area (Å²) in [6.07, 6.45) is 0.407. The molecule has 0 amide bonds. The molecule has 0 saturated carbocycles. The molecule has 6 heteroatoms. The van der Waals surface area contributed by atoms with E-state index < -0.39 is 0 Å². The molecule has 0 unspecified atom stereocenters. The molecule has 0 atom stereocenters. The van der Waals surface area contributed by atoms with Gasteiger partial charge in [0.05, 0.1) is 19.4 Å². The molecule has 0 spiro atoms. The van der Waals surface area contributed by atoms with Gasteiger partial charge < -0.3 is 9.84 Å². The summed E-state index contributed by atoms with van der Waals surface area (Å²) in [5.41, 5.74) is 0.774. The Kier molecular flexibility index (Phi) is 3.11. The third-order valence-electron chi connectivity index (χ3n) is 2.07. The van der Waals surface area contributed by atoms with Crippen molar-refractivity contribution in [3.05, 3.63) is 30.1 Å². The van der Waals surface area contributed by atoms with E-state index in [2.05, 4.69) is 15.4 Å². The first kappa shape index (κ1) is 10.6. The maximum Gasteiger partial charge on any atom is 0.177 e. The Hall–Kier alpha value is -1.95. The van der Waals surface area contributed by atoms with Gasteiger partial charge in [-0.25, -0.2) is 0 Å². The first-order chi connectivity index (χ1) is 7.83.